The van der Waals surface area contributed by atoms with Gasteiger partial charge in [-0.15, -0.1) is 0 Å². The molecule has 1 aliphatic rings. The number of rotatable bonds is 4. The van der Waals surface area contributed by atoms with E-state index in [0.717, 1.165) is 37.2 Å². The Morgan fingerprint density at radius 2 is 2.00 bits per heavy atom. The number of anilines is 1. The smallest absolute Gasteiger partial charge is 0.313 e. The molecule has 1 fully saturated rings. The lowest BCUT2D eigenvalue weighted by molar-refractivity contribution is 0.162. The van der Waals surface area contributed by atoms with Crippen molar-refractivity contribution >= 4 is 11.7 Å². The molecule has 3 N–H and O–H groups in total. The Kier molecular flexibility index (Phi) is 5.38. The lowest BCUT2D eigenvalue weighted by atomic mass is 10.1. The number of hydrazine groups is 1. The molecule has 1 aromatic rings. The van der Waals surface area contributed by atoms with E-state index in [1.54, 1.807) is 0 Å². The molecule has 0 spiro atoms. The monoisotopic (exact) mass is 276 g/mol. The van der Waals surface area contributed by atoms with Crippen molar-refractivity contribution in [2.24, 2.45) is 0 Å². The lowest BCUT2D eigenvalue weighted by Gasteiger charge is -2.26. The fourth-order valence-corrected chi connectivity index (χ4v) is 2.36. The van der Waals surface area contributed by atoms with Gasteiger partial charge >= 0.3 is 6.03 Å². The van der Waals surface area contributed by atoms with Gasteiger partial charge in [0.1, 0.15) is 0 Å². The summed E-state index contributed by atoms with van der Waals surface area (Å²) >= 11 is 0. The van der Waals surface area contributed by atoms with Gasteiger partial charge in [0.2, 0.25) is 0 Å². The lowest BCUT2D eigenvalue weighted by Crippen LogP contribution is -2.46. The molecule has 2 rings (SSSR count). The maximum absolute atomic E-state index is 12.0. The maximum Gasteiger partial charge on any atom is 0.333 e. The number of amides is 2. The second-order valence-electron chi connectivity index (χ2n) is 5.25. The Balaban J connectivity index is 1.90. The first-order valence-corrected chi connectivity index (χ1v) is 7.29. The van der Waals surface area contributed by atoms with E-state index < -0.39 is 0 Å². The zero-order chi connectivity index (χ0) is 14.4. The summed E-state index contributed by atoms with van der Waals surface area (Å²) in [6.07, 6.45) is 3.55. The minimum atomic E-state index is -0.166. The Labute approximate surface area is 120 Å². The molecular weight excluding hydrogens is 252 g/mol. The van der Waals surface area contributed by atoms with Gasteiger partial charge in [0, 0.05) is 24.8 Å². The predicted molar refractivity (Wildman–Crippen MR) is 81.5 cm³/mol. The van der Waals surface area contributed by atoms with E-state index in [-0.39, 0.29) is 12.1 Å². The van der Waals surface area contributed by atoms with Gasteiger partial charge in [-0.1, -0.05) is 18.6 Å². The largest absolute Gasteiger partial charge is 0.333 e. The summed E-state index contributed by atoms with van der Waals surface area (Å²) in [4.78, 5) is 12.0. The molecular formula is C15H24N4O. The fraction of sp³-hybridized carbons (Fsp3) is 0.533. The number of hydrogen-bond donors (Lipinski definition) is 3. The summed E-state index contributed by atoms with van der Waals surface area (Å²) < 4.78 is 0. The summed E-state index contributed by atoms with van der Waals surface area (Å²) in [5.74, 6) is 0. The molecule has 5 heteroatoms. The average molecular weight is 276 g/mol. The average Bonchev–Trinajstić information content (AvgIpc) is 2.47. The number of piperidine rings is 1. The van der Waals surface area contributed by atoms with Crippen LogP contribution in [-0.4, -0.2) is 31.2 Å². The minimum absolute atomic E-state index is 0.166. The Morgan fingerprint density at radius 3 is 2.70 bits per heavy atom. The van der Waals surface area contributed by atoms with Crippen LogP contribution in [-0.2, 0) is 0 Å². The normalized spacial score (nSPS) is 17.5. The van der Waals surface area contributed by atoms with Gasteiger partial charge in [-0.25, -0.2) is 9.80 Å². The van der Waals surface area contributed by atoms with Crippen molar-refractivity contribution in [3.63, 3.8) is 0 Å². The Hall–Kier alpha value is -1.59. The number of benzene rings is 1. The molecule has 1 atom stereocenters. The van der Waals surface area contributed by atoms with Crippen LogP contribution in [0.5, 0.6) is 0 Å². The highest BCUT2D eigenvalue weighted by Crippen LogP contribution is 2.17. The van der Waals surface area contributed by atoms with Crippen LogP contribution in [0.3, 0.4) is 0 Å². The summed E-state index contributed by atoms with van der Waals surface area (Å²) in [7, 11) is 1.92. The molecule has 2 amide bonds. The molecule has 1 aromatic carbocycles. The quantitative estimate of drug-likeness (QED) is 0.792. The van der Waals surface area contributed by atoms with E-state index in [0.29, 0.717) is 0 Å². The van der Waals surface area contributed by atoms with E-state index in [2.05, 4.69) is 29.0 Å². The zero-order valence-electron chi connectivity index (χ0n) is 12.3. The molecule has 0 saturated carbocycles. The number of nitrogens with zero attached hydrogens (tertiary/aromatic N) is 1. The molecule has 0 aliphatic carbocycles. The molecule has 1 saturated heterocycles. The molecule has 0 radical (unpaired) electrons. The number of carbonyl (C=O) groups is 1. The molecule has 20 heavy (non-hydrogen) atoms. The van der Waals surface area contributed by atoms with Crippen LogP contribution in [0.25, 0.3) is 0 Å². The van der Waals surface area contributed by atoms with Crippen LogP contribution in [0.15, 0.2) is 24.3 Å². The molecule has 110 valence electrons. The third-order valence-corrected chi connectivity index (χ3v) is 3.69. The number of nitrogens with one attached hydrogen (secondary N) is 3. The van der Waals surface area contributed by atoms with Gasteiger partial charge < -0.3 is 10.6 Å². The standard InChI is InChI=1S/C15H24N4O/c1-12(16-2)13-7-6-8-14(11-13)17-15(20)18-19-9-4-3-5-10-19/h6-8,11-12,16H,3-5,9-10H2,1-2H3,(H2,17,18,20). The van der Waals surface area contributed by atoms with Crippen LogP contribution < -0.4 is 16.1 Å². The summed E-state index contributed by atoms with van der Waals surface area (Å²) in [5, 5.41) is 8.06. The molecule has 1 unspecified atom stereocenters. The Bertz CT molecular complexity index is 443. The van der Waals surface area contributed by atoms with E-state index >= 15 is 0 Å². The zero-order valence-corrected chi connectivity index (χ0v) is 12.3. The fourth-order valence-electron chi connectivity index (χ4n) is 2.36. The SMILES string of the molecule is CNC(C)c1cccc(NC(=O)NN2CCCCC2)c1. The van der Waals surface area contributed by atoms with Crippen molar-refractivity contribution in [1.82, 2.24) is 15.8 Å². The van der Waals surface area contributed by atoms with Crippen LogP contribution in [0, 0.1) is 0 Å². The molecule has 0 aromatic heterocycles. The second kappa shape index (κ2) is 7.26. The molecule has 5 nitrogen and oxygen atoms in total. The van der Waals surface area contributed by atoms with Crippen molar-refractivity contribution in [2.45, 2.75) is 32.2 Å². The van der Waals surface area contributed by atoms with E-state index in [9.17, 15) is 4.79 Å². The molecule has 1 aliphatic heterocycles. The predicted octanol–water partition coefficient (Wildman–Crippen LogP) is 2.49. The topological polar surface area (TPSA) is 56.4 Å². The van der Waals surface area contributed by atoms with Crippen LogP contribution in [0.2, 0.25) is 0 Å². The van der Waals surface area contributed by atoms with Crippen molar-refractivity contribution in [3.8, 4) is 0 Å². The summed E-state index contributed by atoms with van der Waals surface area (Å²) in [6, 6.07) is 8.01. The first-order valence-electron chi connectivity index (χ1n) is 7.29. The van der Waals surface area contributed by atoms with Crippen LogP contribution >= 0.6 is 0 Å². The van der Waals surface area contributed by atoms with E-state index in [4.69, 9.17) is 0 Å². The first-order chi connectivity index (χ1) is 9.69. The van der Waals surface area contributed by atoms with Crippen molar-refractivity contribution < 1.29 is 4.79 Å². The second-order valence-corrected chi connectivity index (χ2v) is 5.25. The number of hydrogen-bond acceptors (Lipinski definition) is 3. The third kappa shape index (κ3) is 4.21. The number of carbonyl (C=O) groups excluding carboxylic acids is 1. The van der Waals surface area contributed by atoms with Gasteiger partial charge in [-0.05, 0) is 44.5 Å². The third-order valence-electron chi connectivity index (χ3n) is 3.69. The highest BCUT2D eigenvalue weighted by atomic mass is 16.2. The number of urea groups is 1. The summed E-state index contributed by atoms with van der Waals surface area (Å²) in [6.45, 7) is 3.96. The van der Waals surface area contributed by atoms with Crippen molar-refractivity contribution in [2.75, 3.05) is 25.5 Å². The maximum atomic E-state index is 12.0. The highest BCUT2D eigenvalue weighted by molar-refractivity contribution is 5.88. The Morgan fingerprint density at radius 1 is 1.25 bits per heavy atom. The van der Waals surface area contributed by atoms with Crippen LogP contribution in [0.4, 0.5) is 10.5 Å². The van der Waals surface area contributed by atoms with E-state index in [1.165, 1.54) is 6.42 Å². The van der Waals surface area contributed by atoms with Crippen molar-refractivity contribution in [1.29, 1.82) is 0 Å². The minimum Gasteiger partial charge on any atom is -0.313 e. The molecule has 0 bridgehead atoms. The first kappa shape index (κ1) is 14.8. The highest BCUT2D eigenvalue weighted by Gasteiger charge is 2.12. The van der Waals surface area contributed by atoms with Gasteiger partial charge in [0.05, 0.1) is 0 Å². The van der Waals surface area contributed by atoms with Gasteiger partial charge in [0.15, 0.2) is 0 Å². The molecule has 1 heterocycles. The van der Waals surface area contributed by atoms with Gasteiger partial charge in [-0.3, -0.25) is 5.43 Å². The summed E-state index contributed by atoms with van der Waals surface area (Å²) in [5.41, 5.74) is 4.87. The van der Waals surface area contributed by atoms with E-state index in [1.807, 2.05) is 30.3 Å². The van der Waals surface area contributed by atoms with Crippen LogP contribution in [0.1, 0.15) is 37.8 Å². The van der Waals surface area contributed by atoms with Gasteiger partial charge in [-0.2, -0.15) is 0 Å². The van der Waals surface area contributed by atoms with Gasteiger partial charge in [0.25, 0.3) is 0 Å². The van der Waals surface area contributed by atoms with Crippen molar-refractivity contribution in [3.05, 3.63) is 29.8 Å².